The first-order valence-electron chi connectivity index (χ1n) is 15.3. The van der Waals surface area contributed by atoms with Crippen LogP contribution in [0.15, 0.2) is 48.5 Å². The number of amides is 4. The highest BCUT2D eigenvalue weighted by Gasteiger charge is 2.34. The number of aryl methyl sites for hydroxylation is 1. The molecular formula is C34H44N4O5. The summed E-state index contributed by atoms with van der Waals surface area (Å²) in [7, 11) is 1.61. The minimum absolute atomic E-state index is 0.154. The fourth-order valence-electron chi connectivity index (χ4n) is 6.16. The molecule has 3 heterocycles. The molecule has 0 spiro atoms. The van der Waals surface area contributed by atoms with Crippen molar-refractivity contribution in [3.8, 4) is 5.75 Å². The van der Waals surface area contributed by atoms with Crippen LogP contribution in [-0.4, -0.2) is 84.2 Å². The molecule has 9 nitrogen and oxygen atoms in total. The summed E-state index contributed by atoms with van der Waals surface area (Å²) in [5, 5.41) is 0. The Morgan fingerprint density at radius 1 is 0.953 bits per heavy atom. The number of nitrogens with zero attached hydrogens (tertiary/aromatic N) is 4. The van der Waals surface area contributed by atoms with Gasteiger partial charge < -0.3 is 14.4 Å². The molecule has 43 heavy (non-hydrogen) atoms. The van der Waals surface area contributed by atoms with E-state index in [0.717, 1.165) is 68.0 Å². The van der Waals surface area contributed by atoms with Gasteiger partial charge in [-0.1, -0.05) is 24.3 Å². The van der Waals surface area contributed by atoms with Crippen molar-refractivity contribution >= 4 is 29.3 Å². The zero-order valence-corrected chi connectivity index (χ0v) is 26.1. The molecule has 0 N–H and O–H groups in total. The smallest absolute Gasteiger partial charge is 0.410 e. The summed E-state index contributed by atoms with van der Waals surface area (Å²) < 4.78 is 10.8. The van der Waals surface area contributed by atoms with Crippen LogP contribution < -0.4 is 9.64 Å². The minimum atomic E-state index is -0.473. The van der Waals surface area contributed by atoms with Crippen LogP contribution in [0.1, 0.15) is 63.1 Å². The molecule has 0 aromatic heterocycles. The first-order valence-corrected chi connectivity index (χ1v) is 15.3. The molecule has 9 heteroatoms. The second kappa shape index (κ2) is 12.8. The summed E-state index contributed by atoms with van der Waals surface area (Å²) in [5.74, 6) is 0.581. The van der Waals surface area contributed by atoms with Gasteiger partial charge in [0.05, 0.1) is 13.7 Å². The highest BCUT2D eigenvalue weighted by Crippen LogP contribution is 2.31. The molecule has 230 valence electrons. The lowest BCUT2D eigenvalue weighted by Crippen LogP contribution is -2.52. The maximum absolute atomic E-state index is 13.5. The van der Waals surface area contributed by atoms with Gasteiger partial charge in [-0.15, -0.1) is 0 Å². The van der Waals surface area contributed by atoms with E-state index >= 15 is 0 Å². The lowest BCUT2D eigenvalue weighted by atomic mass is 9.95. The maximum Gasteiger partial charge on any atom is 0.410 e. The highest BCUT2D eigenvalue weighted by atomic mass is 16.6. The van der Waals surface area contributed by atoms with E-state index in [9.17, 15) is 14.4 Å². The highest BCUT2D eigenvalue weighted by molar-refractivity contribution is 6.06. The van der Waals surface area contributed by atoms with Crippen LogP contribution in [-0.2, 0) is 16.1 Å². The molecular weight excluding hydrogens is 544 g/mol. The molecule has 0 saturated carbocycles. The molecule has 2 saturated heterocycles. The van der Waals surface area contributed by atoms with Crippen molar-refractivity contribution in [1.29, 1.82) is 0 Å². The summed E-state index contributed by atoms with van der Waals surface area (Å²) in [6.45, 7) is 11.7. The van der Waals surface area contributed by atoms with Crippen molar-refractivity contribution in [1.82, 2.24) is 14.7 Å². The number of hydrogen-bond donors (Lipinski definition) is 0. The van der Waals surface area contributed by atoms with Crippen LogP contribution in [0.4, 0.5) is 15.3 Å². The van der Waals surface area contributed by atoms with Crippen molar-refractivity contribution in [2.45, 2.75) is 71.6 Å². The monoisotopic (exact) mass is 588 g/mol. The Labute approximate surface area is 255 Å². The molecule has 0 atom stereocenters. The summed E-state index contributed by atoms with van der Waals surface area (Å²) in [6, 6.07) is 13.9. The summed E-state index contributed by atoms with van der Waals surface area (Å²) in [6.07, 6.45) is 5.27. The Bertz CT molecular complexity index is 1370. The number of rotatable bonds is 6. The Morgan fingerprint density at radius 3 is 2.28 bits per heavy atom. The van der Waals surface area contributed by atoms with Crippen LogP contribution >= 0.6 is 0 Å². The summed E-state index contributed by atoms with van der Waals surface area (Å²) >= 11 is 0. The van der Waals surface area contributed by atoms with Gasteiger partial charge in [0.2, 0.25) is 5.91 Å². The lowest BCUT2D eigenvalue weighted by Gasteiger charge is -2.40. The average Bonchev–Trinajstić information content (AvgIpc) is 2.99. The zero-order chi connectivity index (χ0) is 30.7. The Balaban J connectivity index is 1.19. The number of carbonyl (C=O) groups excluding carboxylic acids is 3. The van der Waals surface area contributed by atoms with E-state index in [0.29, 0.717) is 19.0 Å². The molecule has 4 amide bonds. The van der Waals surface area contributed by atoms with Gasteiger partial charge in [-0.05, 0) is 93.5 Å². The van der Waals surface area contributed by atoms with E-state index in [1.165, 1.54) is 16.0 Å². The number of benzene rings is 2. The maximum atomic E-state index is 13.5. The summed E-state index contributed by atoms with van der Waals surface area (Å²) in [4.78, 5) is 46.0. The minimum Gasteiger partial charge on any atom is -0.497 e. The van der Waals surface area contributed by atoms with E-state index in [1.807, 2.05) is 62.9 Å². The van der Waals surface area contributed by atoms with Crippen molar-refractivity contribution in [3.63, 3.8) is 0 Å². The first-order chi connectivity index (χ1) is 20.5. The molecule has 2 fully saturated rings. The SMILES string of the molecule is COc1ccc(CN2C(=O)CCN(c3ccc(C4=CCN(C5CCN(C(=O)OC(C)(C)C)CC5)CC4)cc3C)C2=O)cc1. The molecule has 2 aromatic carbocycles. The second-order valence-corrected chi connectivity index (χ2v) is 12.7. The standard InChI is InChI=1S/C34H44N4O5/c1-24-22-27(26-12-17-35(18-13-26)28-14-19-36(20-15-28)33(41)43-34(2,3)4)8-11-30(24)37-21-16-31(39)38(32(37)40)23-25-6-9-29(42-5)10-7-25/h6-12,22,28H,13-21,23H2,1-5H3. The van der Waals surface area contributed by atoms with Crippen molar-refractivity contribution in [2.75, 3.05) is 44.7 Å². The molecule has 5 rings (SSSR count). The topological polar surface area (TPSA) is 82.6 Å². The van der Waals surface area contributed by atoms with Gasteiger partial charge in [0, 0.05) is 50.9 Å². The van der Waals surface area contributed by atoms with Gasteiger partial charge in [0.1, 0.15) is 11.4 Å². The number of hydrogen-bond acceptors (Lipinski definition) is 6. The van der Waals surface area contributed by atoms with Crippen molar-refractivity contribution in [3.05, 3.63) is 65.2 Å². The molecule has 2 aromatic rings. The third-order valence-corrected chi connectivity index (χ3v) is 8.54. The van der Waals surface area contributed by atoms with E-state index in [2.05, 4.69) is 23.1 Å². The number of anilines is 1. The third-order valence-electron chi connectivity index (χ3n) is 8.54. The molecule has 0 unspecified atom stereocenters. The van der Waals surface area contributed by atoms with Gasteiger partial charge in [-0.2, -0.15) is 0 Å². The van der Waals surface area contributed by atoms with Gasteiger partial charge in [0.25, 0.3) is 0 Å². The van der Waals surface area contributed by atoms with Crippen LogP contribution in [0.3, 0.4) is 0 Å². The lowest BCUT2D eigenvalue weighted by molar-refractivity contribution is -0.129. The predicted octanol–water partition coefficient (Wildman–Crippen LogP) is 5.85. The zero-order valence-electron chi connectivity index (χ0n) is 26.1. The Kier molecular flexibility index (Phi) is 9.11. The number of ether oxygens (including phenoxy) is 2. The van der Waals surface area contributed by atoms with E-state index in [1.54, 1.807) is 12.0 Å². The Hall–Kier alpha value is -3.85. The van der Waals surface area contributed by atoms with Crippen LogP contribution in [0.25, 0.3) is 5.57 Å². The molecule has 3 aliphatic heterocycles. The largest absolute Gasteiger partial charge is 0.497 e. The summed E-state index contributed by atoms with van der Waals surface area (Å²) in [5.41, 5.74) is 4.76. The van der Waals surface area contributed by atoms with Crippen molar-refractivity contribution in [2.24, 2.45) is 0 Å². The fourth-order valence-corrected chi connectivity index (χ4v) is 6.16. The average molecular weight is 589 g/mol. The van der Waals surface area contributed by atoms with Gasteiger partial charge in [-0.3, -0.25) is 19.5 Å². The van der Waals surface area contributed by atoms with Gasteiger partial charge in [0.15, 0.2) is 0 Å². The second-order valence-electron chi connectivity index (χ2n) is 12.7. The van der Waals surface area contributed by atoms with Crippen LogP contribution in [0, 0.1) is 6.92 Å². The number of likely N-dealkylation sites (tertiary alicyclic amines) is 1. The molecule has 0 radical (unpaired) electrons. The van der Waals surface area contributed by atoms with E-state index < -0.39 is 5.60 Å². The number of imide groups is 1. The number of urea groups is 1. The van der Waals surface area contributed by atoms with Gasteiger partial charge in [-0.25, -0.2) is 9.59 Å². The molecule has 0 bridgehead atoms. The molecule has 3 aliphatic rings. The third kappa shape index (κ3) is 7.21. The number of carbonyl (C=O) groups is 3. The van der Waals surface area contributed by atoms with Crippen LogP contribution in [0.5, 0.6) is 5.75 Å². The quantitative estimate of drug-likeness (QED) is 0.421. The normalized spacial score (nSPS) is 19.0. The Morgan fingerprint density at radius 2 is 1.67 bits per heavy atom. The van der Waals surface area contributed by atoms with E-state index in [4.69, 9.17) is 9.47 Å². The number of piperidine rings is 1. The number of methoxy groups -OCH3 is 1. The first kappa shape index (κ1) is 30.6. The van der Waals surface area contributed by atoms with E-state index in [-0.39, 0.29) is 24.6 Å². The van der Waals surface area contributed by atoms with Gasteiger partial charge >= 0.3 is 12.1 Å². The molecule has 0 aliphatic carbocycles. The van der Waals surface area contributed by atoms with Crippen LogP contribution in [0.2, 0.25) is 0 Å². The fraction of sp³-hybridized carbons (Fsp3) is 0.500. The van der Waals surface area contributed by atoms with Crippen molar-refractivity contribution < 1.29 is 23.9 Å². The predicted molar refractivity (Wildman–Crippen MR) is 167 cm³/mol.